The molecule has 2 aromatic carbocycles. The zero-order chi connectivity index (χ0) is 19.4. The Morgan fingerprint density at radius 3 is 2.59 bits per heavy atom. The number of rotatable bonds is 4. The number of hydrogen-bond acceptors (Lipinski definition) is 5. The highest BCUT2D eigenvalue weighted by Crippen LogP contribution is 2.36. The summed E-state index contributed by atoms with van der Waals surface area (Å²) >= 11 is 7.15. The first-order chi connectivity index (χ1) is 13.0. The lowest BCUT2D eigenvalue weighted by Crippen LogP contribution is -2.14. The van der Waals surface area contributed by atoms with E-state index >= 15 is 0 Å². The van der Waals surface area contributed by atoms with E-state index < -0.39 is 11.9 Å². The summed E-state index contributed by atoms with van der Waals surface area (Å²) in [5, 5.41) is 14.5. The van der Waals surface area contributed by atoms with E-state index in [1.54, 1.807) is 47.8 Å². The standard InChI is InChI=1S/C20H13ClN2O3S/c1-26-20(25)17-16(13-5-7-15(21)8-6-13)11-27-19(17)23-18(24)14-4-2-3-12(9-14)10-22/h2-9,11H,1H3,(H,23,24). The Balaban J connectivity index is 1.98. The minimum absolute atomic E-state index is 0.273. The Kier molecular flexibility index (Phi) is 5.55. The van der Waals surface area contributed by atoms with Crippen molar-refractivity contribution in [1.29, 1.82) is 5.26 Å². The molecule has 3 rings (SSSR count). The number of hydrogen-bond donors (Lipinski definition) is 1. The molecule has 0 saturated carbocycles. The van der Waals surface area contributed by atoms with Gasteiger partial charge in [0.15, 0.2) is 0 Å². The van der Waals surface area contributed by atoms with Crippen molar-refractivity contribution in [3.63, 3.8) is 0 Å². The molecule has 1 aromatic heterocycles. The fourth-order valence-electron chi connectivity index (χ4n) is 2.50. The van der Waals surface area contributed by atoms with Gasteiger partial charge in [0.1, 0.15) is 10.6 Å². The van der Waals surface area contributed by atoms with Gasteiger partial charge >= 0.3 is 5.97 Å². The molecule has 7 heteroatoms. The normalized spacial score (nSPS) is 10.1. The number of nitriles is 1. The summed E-state index contributed by atoms with van der Waals surface area (Å²) in [6.07, 6.45) is 0. The molecule has 0 radical (unpaired) electrons. The van der Waals surface area contributed by atoms with Gasteiger partial charge in [0.05, 0.1) is 18.7 Å². The van der Waals surface area contributed by atoms with Gasteiger partial charge in [-0.3, -0.25) is 4.79 Å². The Hall–Kier alpha value is -3.14. The average Bonchev–Trinajstić information content (AvgIpc) is 3.11. The fraction of sp³-hybridized carbons (Fsp3) is 0.0500. The first kappa shape index (κ1) is 18.6. The summed E-state index contributed by atoms with van der Waals surface area (Å²) < 4.78 is 4.89. The van der Waals surface area contributed by atoms with E-state index in [1.165, 1.54) is 24.5 Å². The van der Waals surface area contributed by atoms with Gasteiger partial charge in [0.25, 0.3) is 5.91 Å². The smallest absolute Gasteiger partial charge is 0.341 e. The van der Waals surface area contributed by atoms with Gasteiger partial charge in [-0.2, -0.15) is 5.26 Å². The molecule has 5 nitrogen and oxygen atoms in total. The number of esters is 1. The molecule has 1 amide bonds. The number of thiophene rings is 1. The molecule has 0 aliphatic carbocycles. The van der Waals surface area contributed by atoms with Crippen LogP contribution in [0, 0.1) is 11.3 Å². The van der Waals surface area contributed by atoms with Crippen molar-refractivity contribution in [3.05, 3.63) is 75.6 Å². The van der Waals surface area contributed by atoms with Crippen molar-refractivity contribution in [3.8, 4) is 17.2 Å². The molecular formula is C20H13ClN2O3S. The van der Waals surface area contributed by atoms with Crippen LogP contribution < -0.4 is 5.32 Å². The Morgan fingerprint density at radius 2 is 1.93 bits per heavy atom. The molecule has 0 atom stereocenters. The van der Waals surface area contributed by atoms with Gasteiger partial charge in [-0.05, 0) is 35.9 Å². The first-order valence-electron chi connectivity index (χ1n) is 7.80. The first-order valence-corrected chi connectivity index (χ1v) is 9.06. The number of carbonyl (C=O) groups excluding carboxylic acids is 2. The summed E-state index contributed by atoms with van der Waals surface area (Å²) in [7, 11) is 1.29. The summed E-state index contributed by atoms with van der Waals surface area (Å²) in [5.41, 5.74) is 2.40. The van der Waals surface area contributed by atoms with Crippen LogP contribution in [0.2, 0.25) is 5.02 Å². The SMILES string of the molecule is COC(=O)c1c(-c2ccc(Cl)cc2)csc1NC(=O)c1cccc(C#N)c1. The van der Waals surface area contributed by atoms with E-state index in [0.29, 0.717) is 26.7 Å². The van der Waals surface area contributed by atoms with E-state index in [0.717, 1.165) is 5.56 Å². The van der Waals surface area contributed by atoms with E-state index in [2.05, 4.69) is 5.32 Å². The molecule has 0 saturated heterocycles. The molecule has 27 heavy (non-hydrogen) atoms. The van der Waals surface area contributed by atoms with Crippen LogP contribution in [0.3, 0.4) is 0 Å². The number of methoxy groups -OCH3 is 1. The Bertz CT molecular complexity index is 1050. The Labute approximate surface area is 164 Å². The lowest BCUT2D eigenvalue weighted by atomic mass is 10.0. The van der Waals surface area contributed by atoms with Gasteiger partial charge < -0.3 is 10.1 Å². The van der Waals surface area contributed by atoms with Crippen LogP contribution in [-0.4, -0.2) is 19.0 Å². The van der Waals surface area contributed by atoms with Crippen molar-refractivity contribution in [2.24, 2.45) is 0 Å². The topological polar surface area (TPSA) is 79.2 Å². The van der Waals surface area contributed by atoms with E-state index in [4.69, 9.17) is 21.6 Å². The van der Waals surface area contributed by atoms with Crippen LogP contribution in [0.25, 0.3) is 11.1 Å². The van der Waals surface area contributed by atoms with Crippen LogP contribution >= 0.6 is 22.9 Å². The maximum absolute atomic E-state index is 12.6. The maximum Gasteiger partial charge on any atom is 0.341 e. The molecule has 0 aliphatic rings. The van der Waals surface area contributed by atoms with Crippen molar-refractivity contribution in [1.82, 2.24) is 0 Å². The lowest BCUT2D eigenvalue weighted by Gasteiger charge is -2.08. The fourth-order valence-corrected chi connectivity index (χ4v) is 3.58. The summed E-state index contributed by atoms with van der Waals surface area (Å²) in [5.74, 6) is -0.968. The largest absolute Gasteiger partial charge is 0.465 e. The molecule has 0 unspecified atom stereocenters. The number of ether oxygens (including phenoxy) is 1. The van der Waals surface area contributed by atoms with Crippen LogP contribution in [0.5, 0.6) is 0 Å². The van der Waals surface area contributed by atoms with Crippen molar-refractivity contribution in [2.45, 2.75) is 0 Å². The quantitative estimate of drug-likeness (QED) is 0.631. The number of halogens is 1. The second-order valence-electron chi connectivity index (χ2n) is 5.50. The third-order valence-electron chi connectivity index (χ3n) is 3.82. The van der Waals surface area contributed by atoms with Gasteiger partial charge in [-0.15, -0.1) is 11.3 Å². The zero-order valence-corrected chi connectivity index (χ0v) is 15.7. The highest BCUT2D eigenvalue weighted by molar-refractivity contribution is 7.15. The third-order valence-corrected chi connectivity index (χ3v) is 4.96. The van der Waals surface area contributed by atoms with Crippen molar-refractivity contribution in [2.75, 3.05) is 12.4 Å². The average molecular weight is 397 g/mol. The van der Waals surface area contributed by atoms with Gasteiger partial charge in [0, 0.05) is 21.5 Å². The van der Waals surface area contributed by atoms with Crippen LogP contribution in [0.15, 0.2) is 53.9 Å². The second-order valence-corrected chi connectivity index (χ2v) is 6.81. The van der Waals surface area contributed by atoms with Gasteiger partial charge in [-0.25, -0.2) is 4.79 Å². The molecule has 134 valence electrons. The van der Waals surface area contributed by atoms with Crippen LogP contribution in [-0.2, 0) is 4.74 Å². The maximum atomic E-state index is 12.6. The van der Waals surface area contributed by atoms with E-state index in [9.17, 15) is 9.59 Å². The summed E-state index contributed by atoms with van der Waals surface area (Å²) in [6.45, 7) is 0. The molecule has 1 N–H and O–H groups in total. The monoisotopic (exact) mass is 396 g/mol. The van der Waals surface area contributed by atoms with E-state index in [1.807, 2.05) is 6.07 Å². The highest BCUT2D eigenvalue weighted by atomic mass is 35.5. The molecule has 1 heterocycles. The van der Waals surface area contributed by atoms with Crippen LogP contribution in [0.4, 0.5) is 5.00 Å². The predicted molar refractivity (Wildman–Crippen MR) is 105 cm³/mol. The molecular weight excluding hydrogens is 384 g/mol. The summed E-state index contributed by atoms with van der Waals surface area (Å²) in [4.78, 5) is 24.9. The number of nitrogens with one attached hydrogen (secondary N) is 1. The molecule has 0 spiro atoms. The second kappa shape index (κ2) is 8.04. The molecule has 3 aromatic rings. The highest BCUT2D eigenvalue weighted by Gasteiger charge is 2.22. The summed E-state index contributed by atoms with van der Waals surface area (Å²) in [6, 6.07) is 15.3. The lowest BCUT2D eigenvalue weighted by molar-refractivity contribution is 0.0603. The van der Waals surface area contributed by atoms with Crippen molar-refractivity contribution >= 4 is 39.8 Å². The third kappa shape index (κ3) is 4.00. The number of amides is 1. The molecule has 0 fully saturated rings. The number of carbonyl (C=O) groups is 2. The predicted octanol–water partition coefficient (Wildman–Crippen LogP) is 4.98. The Morgan fingerprint density at radius 1 is 1.19 bits per heavy atom. The number of nitrogens with zero attached hydrogens (tertiary/aromatic N) is 1. The van der Waals surface area contributed by atoms with Gasteiger partial charge in [0.2, 0.25) is 0 Å². The molecule has 0 aliphatic heterocycles. The minimum atomic E-state index is -0.553. The molecule has 0 bridgehead atoms. The van der Waals surface area contributed by atoms with Crippen LogP contribution in [0.1, 0.15) is 26.3 Å². The number of benzene rings is 2. The number of anilines is 1. The zero-order valence-electron chi connectivity index (χ0n) is 14.2. The van der Waals surface area contributed by atoms with Crippen molar-refractivity contribution < 1.29 is 14.3 Å². The van der Waals surface area contributed by atoms with Gasteiger partial charge in [-0.1, -0.05) is 29.8 Å². The van der Waals surface area contributed by atoms with E-state index in [-0.39, 0.29) is 5.56 Å². The minimum Gasteiger partial charge on any atom is -0.465 e.